The first kappa shape index (κ1) is 15.1. The highest BCUT2D eigenvalue weighted by Gasteiger charge is 2.25. The molecule has 8 N–H and O–H groups in total. The molecule has 7 heteroatoms. The third-order valence-electron chi connectivity index (χ3n) is 4.18. The predicted octanol–water partition coefficient (Wildman–Crippen LogP) is 1.47. The van der Waals surface area contributed by atoms with Gasteiger partial charge in [0.25, 0.3) is 0 Å². The van der Waals surface area contributed by atoms with Gasteiger partial charge in [-0.1, -0.05) is 42.5 Å². The molecule has 1 atom stereocenters. The molecule has 1 unspecified atom stereocenters. The Balaban J connectivity index is 1.64. The van der Waals surface area contributed by atoms with Gasteiger partial charge in [0.1, 0.15) is 17.3 Å². The monoisotopic (exact) mass is 333 g/mol. The molecule has 0 fully saturated rings. The first-order valence-corrected chi connectivity index (χ1v) is 7.92. The number of rotatable bonds is 3. The number of hydrogen-bond donors (Lipinski definition) is 5. The summed E-state index contributed by atoms with van der Waals surface area (Å²) >= 11 is 0. The van der Waals surface area contributed by atoms with Gasteiger partial charge in [-0.3, -0.25) is 0 Å². The summed E-state index contributed by atoms with van der Waals surface area (Å²) in [5.41, 5.74) is 25.0. The van der Waals surface area contributed by atoms with Crippen LogP contribution in [0.1, 0.15) is 17.4 Å². The minimum absolute atomic E-state index is 0.0665. The van der Waals surface area contributed by atoms with Crippen molar-refractivity contribution in [3.05, 3.63) is 83.7 Å². The summed E-state index contributed by atoms with van der Waals surface area (Å²) in [6.07, 6.45) is 1.90. The molecule has 0 amide bonds. The molecule has 0 radical (unpaired) electrons. The zero-order valence-corrected chi connectivity index (χ0v) is 13.5. The topological polar surface area (TPSA) is 122 Å². The zero-order chi connectivity index (χ0) is 17.4. The molecule has 4 rings (SSSR count). The van der Waals surface area contributed by atoms with Gasteiger partial charge in [-0.05, 0) is 23.8 Å². The molecule has 126 valence electrons. The molecule has 2 heterocycles. The minimum Gasteiger partial charge on any atom is -0.393 e. The van der Waals surface area contributed by atoms with Crippen molar-refractivity contribution in [2.75, 3.05) is 0 Å². The van der Waals surface area contributed by atoms with Gasteiger partial charge >= 0.3 is 0 Å². The van der Waals surface area contributed by atoms with E-state index in [-0.39, 0.29) is 6.04 Å². The maximum Gasteiger partial charge on any atom is 0.158 e. The van der Waals surface area contributed by atoms with Crippen LogP contribution in [0, 0.1) is 0 Å². The molecule has 0 aliphatic carbocycles. The molecule has 1 aliphatic rings. The van der Waals surface area contributed by atoms with E-state index in [9.17, 15) is 0 Å². The quantitative estimate of drug-likeness (QED) is 0.495. The molecule has 0 saturated heterocycles. The fourth-order valence-corrected chi connectivity index (χ4v) is 2.86. The van der Waals surface area contributed by atoms with E-state index < -0.39 is 0 Å². The lowest BCUT2D eigenvalue weighted by atomic mass is 10.1. The lowest BCUT2D eigenvalue weighted by Crippen LogP contribution is -2.39. The normalized spacial score (nSPS) is 18.3. The van der Waals surface area contributed by atoms with Gasteiger partial charge in [-0.25, -0.2) is 15.4 Å². The van der Waals surface area contributed by atoms with Gasteiger partial charge in [-0.15, -0.1) is 0 Å². The number of nitrogens with two attached hydrogens (primary N) is 3. The number of H-pyrrole nitrogens is 1. The van der Waals surface area contributed by atoms with Crippen molar-refractivity contribution >= 4 is 16.7 Å². The number of hydrogen-bond acceptors (Lipinski definition) is 6. The van der Waals surface area contributed by atoms with Crippen LogP contribution in [0.25, 0.3) is 16.7 Å². The summed E-state index contributed by atoms with van der Waals surface area (Å²) in [7, 11) is 0. The molecule has 0 bridgehead atoms. The van der Waals surface area contributed by atoms with E-state index in [4.69, 9.17) is 17.2 Å². The Morgan fingerprint density at radius 2 is 1.72 bits per heavy atom. The number of aromatic amines is 1. The maximum absolute atomic E-state index is 6.24. The van der Waals surface area contributed by atoms with Crippen molar-refractivity contribution in [1.82, 2.24) is 20.4 Å². The van der Waals surface area contributed by atoms with Gasteiger partial charge in [-0.2, -0.15) is 0 Å². The number of hydrazine groups is 1. The van der Waals surface area contributed by atoms with Gasteiger partial charge in [0.15, 0.2) is 5.82 Å². The van der Waals surface area contributed by atoms with E-state index in [1.54, 1.807) is 5.01 Å². The fourth-order valence-electron chi connectivity index (χ4n) is 2.86. The summed E-state index contributed by atoms with van der Waals surface area (Å²) in [6, 6.07) is 17.6. The second-order valence-electron chi connectivity index (χ2n) is 5.85. The van der Waals surface area contributed by atoms with Crippen LogP contribution in [0.4, 0.5) is 0 Å². The Kier molecular flexibility index (Phi) is 3.55. The molecular formula is C18H19N7. The summed E-state index contributed by atoms with van der Waals surface area (Å²) in [4.78, 5) is 7.64. The number of fused-ring (bicyclic) bond motifs is 1. The van der Waals surface area contributed by atoms with Crippen molar-refractivity contribution in [3.8, 4) is 0 Å². The largest absolute Gasteiger partial charge is 0.393 e. The zero-order valence-electron chi connectivity index (χ0n) is 13.5. The Labute approximate surface area is 144 Å². The van der Waals surface area contributed by atoms with Crippen molar-refractivity contribution in [2.24, 2.45) is 17.2 Å². The third kappa shape index (κ3) is 2.66. The van der Waals surface area contributed by atoms with E-state index >= 15 is 0 Å². The third-order valence-corrected chi connectivity index (χ3v) is 4.18. The molecule has 3 aromatic rings. The van der Waals surface area contributed by atoms with Crippen molar-refractivity contribution in [2.45, 2.75) is 6.04 Å². The highest BCUT2D eigenvalue weighted by atomic mass is 15.6. The SMILES string of the molecule is NC1=CC(c2ccccc2)NN1/C(N)=C(\N)c1nc2ccccc2[nH]1. The van der Waals surface area contributed by atoms with E-state index in [1.807, 2.05) is 60.7 Å². The molecule has 1 aliphatic heterocycles. The van der Waals surface area contributed by atoms with Crippen LogP contribution in [-0.2, 0) is 0 Å². The lowest BCUT2D eigenvalue weighted by molar-refractivity contribution is 0.314. The fraction of sp³-hybridized carbons (Fsp3) is 0.0556. The number of benzene rings is 2. The highest BCUT2D eigenvalue weighted by Crippen LogP contribution is 2.25. The van der Waals surface area contributed by atoms with Crippen LogP contribution < -0.4 is 22.6 Å². The number of imidazole rings is 1. The average molecular weight is 333 g/mol. The van der Waals surface area contributed by atoms with Gasteiger partial charge < -0.3 is 22.2 Å². The van der Waals surface area contributed by atoms with E-state index in [2.05, 4.69) is 15.4 Å². The second kappa shape index (κ2) is 5.88. The molecule has 0 spiro atoms. The van der Waals surface area contributed by atoms with Crippen LogP contribution in [0.15, 0.2) is 72.3 Å². The summed E-state index contributed by atoms with van der Waals surface area (Å²) in [5, 5.41) is 1.58. The number of nitrogens with one attached hydrogen (secondary N) is 2. The maximum atomic E-state index is 6.24. The smallest absolute Gasteiger partial charge is 0.158 e. The van der Waals surface area contributed by atoms with Crippen LogP contribution in [0.2, 0.25) is 0 Å². The first-order chi connectivity index (χ1) is 12.1. The van der Waals surface area contributed by atoms with Crippen molar-refractivity contribution in [3.63, 3.8) is 0 Å². The van der Waals surface area contributed by atoms with Crippen LogP contribution in [-0.4, -0.2) is 15.0 Å². The molecule has 7 nitrogen and oxygen atoms in total. The standard InChI is InChI=1S/C18H19N7/c19-15-10-14(11-6-2-1-3-7-11)24-25(15)17(21)16(20)18-22-12-8-4-5-9-13(12)23-18/h1-10,14,24H,19-21H2,(H,22,23)/b17-16-. The van der Waals surface area contributed by atoms with Gasteiger partial charge in [0.2, 0.25) is 0 Å². The van der Waals surface area contributed by atoms with Crippen LogP contribution in [0.5, 0.6) is 0 Å². The summed E-state index contributed by atoms with van der Waals surface area (Å²) in [6.45, 7) is 0. The number of nitrogens with zero attached hydrogens (tertiary/aromatic N) is 2. The first-order valence-electron chi connectivity index (χ1n) is 7.92. The Hall–Kier alpha value is -3.45. The van der Waals surface area contributed by atoms with Crippen LogP contribution in [0.3, 0.4) is 0 Å². The van der Waals surface area contributed by atoms with E-state index in [0.29, 0.717) is 23.2 Å². The number of aromatic nitrogens is 2. The van der Waals surface area contributed by atoms with E-state index in [1.165, 1.54) is 0 Å². The molecular weight excluding hydrogens is 314 g/mol. The van der Waals surface area contributed by atoms with Crippen molar-refractivity contribution < 1.29 is 0 Å². The molecule has 1 aromatic heterocycles. The Morgan fingerprint density at radius 1 is 1.00 bits per heavy atom. The highest BCUT2D eigenvalue weighted by molar-refractivity contribution is 5.78. The minimum atomic E-state index is -0.0665. The molecule has 0 saturated carbocycles. The molecule has 25 heavy (non-hydrogen) atoms. The second-order valence-corrected chi connectivity index (χ2v) is 5.85. The Bertz CT molecular complexity index is 938. The summed E-state index contributed by atoms with van der Waals surface area (Å²) in [5.74, 6) is 1.30. The predicted molar refractivity (Wildman–Crippen MR) is 97.8 cm³/mol. The van der Waals surface area contributed by atoms with E-state index in [0.717, 1.165) is 16.6 Å². The van der Waals surface area contributed by atoms with Gasteiger partial charge in [0, 0.05) is 0 Å². The van der Waals surface area contributed by atoms with Crippen LogP contribution >= 0.6 is 0 Å². The number of para-hydroxylation sites is 2. The van der Waals surface area contributed by atoms with Gasteiger partial charge in [0.05, 0.1) is 17.1 Å². The lowest BCUT2D eigenvalue weighted by Gasteiger charge is -2.23. The van der Waals surface area contributed by atoms with Crippen molar-refractivity contribution in [1.29, 1.82) is 0 Å². The Morgan fingerprint density at radius 3 is 2.48 bits per heavy atom. The average Bonchev–Trinajstić information content (AvgIpc) is 3.25. The molecule has 2 aromatic carbocycles. The summed E-state index contributed by atoms with van der Waals surface area (Å²) < 4.78 is 0.